The van der Waals surface area contributed by atoms with Crippen LogP contribution in [0.3, 0.4) is 0 Å². The third-order valence-electron chi connectivity index (χ3n) is 1.06. The molecule has 0 radical (unpaired) electrons. The Morgan fingerprint density at radius 2 is 2.20 bits per heavy atom. The van der Waals surface area contributed by atoms with Crippen molar-refractivity contribution in [3.63, 3.8) is 0 Å². The minimum absolute atomic E-state index is 0.224. The summed E-state index contributed by atoms with van der Waals surface area (Å²) in [4.78, 5) is 17.9. The van der Waals surface area contributed by atoms with Crippen molar-refractivity contribution in [2.45, 2.75) is 20.0 Å². The second-order valence-corrected chi connectivity index (χ2v) is 2.23. The van der Waals surface area contributed by atoms with Crippen LogP contribution in [0.5, 0.6) is 0 Å². The molecule has 0 saturated heterocycles. The Bertz CT molecular complexity index is 130. The first-order valence-corrected chi connectivity index (χ1v) is 3.08. The number of aliphatic imine (C=N–C) groups is 1. The largest absolute Gasteiger partial charge is 0.303 e. The van der Waals surface area contributed by atoms with Crippen molar-refractivity contribution in [2.75, 3.05) is 7.11 Å². The van der Waals surface area contributed by atoms with E-state index < -0.39 is 0 Å². The fourth-order valence-corrected chi connectivity index (χ4v) is 0.489. The molecular formula is C6H12N2O2. The zero-order chi connectivity index (χ0) is 7.98. The van der Waals surface area contributed by atoms with E-state index in [-0.39, 0.29) is 12.1 Å². The standard InChI is InChI=1S/C6H12N2O2/c1-5(2)6(7-4-9)8-10-3/h5-6,8H,1-3H3/t6-/m1/s1. The molecule has 0 aliphatic carbocycles. The topological polar surface area (TPSA) is 50.7 Å². The fourth-order valence-electron chi connectivity index (χ4n) is 0.489. The van der Waals surface area contributed by atoms with Crippen molar-refractivity contribution >= 4 is 6.08 Å². The molecule has 0 aromatic rings. The van der Waals surface area contributed by atoms with Crippen molar-refractivity contribution in [1.29, 1.82) is 0 Å². The minimum atomic E-state index is -0.289. The number of hydrogen-bond acceptors (Lipinski definition) is 4. The van der Waals surface area contributed by atoms with Crippen LogP contribution < -0.4 is 5.48 Å². The minimum Gasteiger partial charge on any atom is -0.303 e. The fraction of sp³-hybridized carbons (Fsp3) is 0.833. The maximum Gasteiger partial charge on any atom is 0.236 e. The highest BCUT2D eigenvalue weighted by atomic mass is 16.6. The number of nitrogens with one attached hydrogen (secondary N) is 1. The van der Waals surface area contributed by atoms with E-state index in [0.29, 0.717) is 0 Å². The smallest absolute Gasteiger partial charge is 0.236 e. The number of hydroxylamine groups is 1. The summed E-state index contributed by atoms with van der Waals surface area (Å²) in [6.45, 7) is 3.86. The first-order valence-electron chi connectivity index (χ1n) is 3.08. The van der Waals surface area contributed by atoms with Gasteiger partial charge in [0.05, 0.1) is 7.11 Å². The maximum atomic E-state index is 9.81. The Hall–Kier alpha value is -0.700. The molecule has 0 spiro atoms. The van der Waals surface area contributed by atoms with E-state index in [1.54, 1.807) is 0 Å². The lowest BCUT2D eigenvalue weighted by Gasteiger charge is -2.13. The summed E-state index contributed by atoms with van der Waals surface area (Å²) in [7, 11) is 1.48. The monoisotopic (exact) mass is 144 g/mol. The highest BCUT2D eigenvalue weighted by Gasteiger charge is 2.09. The number of carbonyl (C=O) groups excluding carboxylic acids is 1. The van der Waals surface area contributed by atoms with Gasteiger partial charge in [0, 0.05) is 0 Å². The molecule has 58 valence electrons. The normalized spacial score (nSPS) is 12.8. The van der Waals surface area contributed by atoms with E-state index in [0.717, 1.165) is 0 Å². The Morgan fingerprint density at radius 1 is 1.60 bits per heavy atom. The van der Waals surface area contributed by atoms with Gasteiger partial charge in [-0.15, -0.1) is 0 Å². The predicted octanol–water partition coefficient (Wildman–Crippen LogP) is 0.455. The Morgan fingerprint density at radius 3 is 2.50 bits per heavy atom. The van der Waals surface area contributed by atoms with E-state index >= 15 is 0 Å². The number of rotatable bonds is 4. The molecule has 1 N–H and O–H groups in total. The van der Waals surface area contributed by atoms with Crippen molar-refractivity contribution in [1.82, 2.24) is 5.48 Å². The summed E-state index contributed by atoms with van der Waals surface area (Å²) in [6, 6.07) is 0. The van der Waals surface area contributed by atoms with Crippen LogP contribution in [0.15, 0.2) is 4.99 Å². The highest BCUT2D eigenvalue weighted by molar-refractivity contribution is 5.33. The van der Waals surface area contributed by atoms with Gasteiger partial charge in [0.2, 0.25) is 6.08 Å². The molecule has 10 heavy (non-hydrogen) atoms. The van der Waals surface area contributed by atoms with Gasteiger partial charge in [-0.25, -0.2) is 4.79 Å². The predicted molar refractivity (Wildman–Crippen MR) is 36.9 cm³/mol. The molecule has 0 rings (SSSR count). The number of nitrogens with zero attached hydrogens (tertiary/aromatic N) is 1. The van der Waals surface area contributed by atoms with Crippen LogP contribution in [0.25, 0.3) is 0 Å². The second-order valence-electron chi connectivity index (χ2n) is 2.23. The van der Waals surface area contributed by atoms with E-state index in [2.05, 4.69) is 15.3 Å². The Kier molecular flexibility index (Phi) is 4.76. The van der Waals surface area contributed by atoms with E-state index in [1.807, 2.05) is 13.8 Å². The third-order valence-corrected chi connectivity index (χ3v) is 1.06. The van der Waals surface area contributed by atoms with Gasteiger partial charge in [0.25, 0.3) is 0 Å². The molecule has 0 aliphatic rings. The van der Waals surface area contributed by atoms with Gasteiger partial charge in [-0.1, -0.05) is 13.8 Å². The Balaban J connectivity index is 3.84. The summed E-state index contributed by atoms with van der Waals surface area (Å²) in [5.41, 5.74) is 2.55. The number of hydrogen-bond donors (Lipinski definition) is 1. The van der Waals surface area contributed by atoms with E-state index in [9.17, 15) is 4.79 Å². The third kappa shape index (κ3) is 3.35. The molecular weight excluding hydrogens is 132 g/mol. The zero-order valence-corrected chi connectivity index (χ0v) is 6.42. The average molecular weight is 144 g/mol. The second kappa shape index (κ2) is 5.11. The average Bonchev–Trinajstić information content (AvgIpc) is 1.87. The van der Waals surface area contributed by atoms with Gasteiger partial charge in [-0.3, -0.25) is 0 Å². The van der Waals surface area contributed by atoms with Crippen LogP contribution in [0, 0.1) is 5.92 Å². The van der Waals surface area contributed by atoms with Gasteiger partial charge in [-0.2, -0.15) is 10.5 Å². The SMILES string of the molecule is CON[C@@H](N=C=O)C(C)C. The lowest BCUT2D eigenvalue weighted by molar-refractivity contribution is 0.0494. The van der Waals surface area contributed by atoms with E-state index in [1.165, 1.54) is 13.2 Å². The van der Waals surface area contributed by atoms with Gasteiger partial charge in [-0.05, 0) is 5.92 Å². The summed E-state index contributed by atoms with van der Waals surface area (Å²) in [6.07, 6.45) is 1.18. The van der Waals surface area contributed by atoms with Crippen molar-refractivity contribution in [3.05, 3.63) is 0 Å². The van der Waals surface area contributed by atoms with Gasteiger partial charge < -0.3 is 4.84 Å². The molecule has 1 atom stereocenters. The van der Waals surface area contributed by atoms with Crippen LogP contribution in [-0.4, -0.2) is 19.4 Å². The summed E-state index contributed by atoms with van der Waals surface area (Å²) in [5, 5.41) is 0. The lowest BCUT2D eigenvalue weighted by atomic mass is 10.2. The van der Waals surface area contributed by atoms with Crippen LogP contribution in [-0.2, 0) is 9.63 Å². The summed E-state index contributed by atoms with van der Waals surface area (Å²) < 4.78 is 0. The van der Waals surface area contributed by atoms with Crippen LogP contribution in [0.1, 0.15) is 13.8 Å². The molecule has 0 saturated carbocycles. The maximum absolute atomic E-state index is 9.81. The summed E-state index contributed by atoms with van der Waals surface area (Å²) >= 11 is 0. The highest BCUT2D eigenvalue weighted by Crippen LogP contribution is 2.00. The van der Waals surface area contributed by atoms with Crippen LogP contribution in [0.4, 0.5) is 0 Å². The Labute approximate surface area is 60.2 Å². The molecule has 0 aromatic carbocycles. The van der Waals surface area contributed by atoms with E-state index in [4.69, 9.17) is 0 Å². The summed E-state index contributed by atoms with van der Waals surface area (Å²) in [5.74, 6) is 0.224. The zero-order valence-electron chi connectivity index (χ0n) is 6.42. The molecule has 0 amide bonds. The van der Waals surface area contributed by atoms with Crippen LogP contribution >= 0.6 is 0 Å². The van der Waals surface area contributed by atoms with Gasteiger partial charge >= 0.3 is 0 Å². The van der Waals surface area contributed by atoms with Crippen molar-refractivity contribution in [3.8, 4) is 0 Å². The lowest BCUT2D eigenvalue weighted by Crippen LogP contribution is -2.30. The number of isocyanates is 1. The quantitative estimate of drug-likeness (QED) is 0.354. The first-order chi connectivity index (χ1) is 4.72. The first kappa shape index (κ1) is 9.30. The molecule has 4 heteroatoms. The molecule has 0 heterocycles. The van der Waals surface area contributed by atoms with Gasteiger partial charge in [0.1, 0.15) is 6.17 Å². The van der Waals surface area contributed by atoms with Crippen molar-refractivity contribution in [2.24, 2.45) is 10.9 Å². The van der Waals surface area contributed by atoms with Crippen LogP contribution in [0.2, 0.25) is 0 Å². The molecule has 0 fully saturated rings. The van der Waals surface area contributed by atoms with Crippen molar-refractivity contribution < 1.29 is 9.63 Å². The molecule has 4 nitrogen and oxygen atoms in total. The van der Waals surface area contributed by atoms with Gasteiger partial charge in [0.15, 0.2) is 0 Å². The molecule has 0 aromatic heterocycles. The molecule has 0 aliphatic heterocycles. The molecule has 0 bridgehead atoms. The molecule has 0 unspecified atom stereocenters.